The molecule has 1 aromatic heterocycles. The van der Waals surface area contributed by atoms with Gasteiger partial charge in [-0.25, -0.2) is 4.98 Å². The molecule has 0 saturated carbocycles. The van der Waals surface area contributed by atoms with Gasteiger partial charge in [-0.1, -0.05) is 13.8 Å². The lowest BCUT2D eigenvalue weighted by molar-refractivity contribution is -0.116. The second-order valence-corrected chi connectivity index (χ2v) is 5.72. The van der Waals surface area contributed by atoms with Crippen molar-refractivity contribution < 1.29 is 9.90 Å². The van der Waals surface area contributed by atoms with Gasteiger partial charge in [0.25, 0.3) is 0 Å². The van der Waals surface area contributed by atoms with Crippen LogP contribution >= 0.6 is 11.3 Å². The van der Waals surface area contributed by atoms with Gasteiger partial charge in [0, 0.05) is 18.0 Å². The van der Waals surface area contributed by atoms with Gasteiger partial charge in [0.1, 0.15) is 0 Å². The Bertz CT molecular complexity index is 413. The predicted octanol–water partition coefficient (Wildman–Crippen LogP) is 1.99. The summed E-state index contributed by atoms with van der Waals surface area (Å²) in [5, 5.41) is 15.1. The van der Waals surface area contributed by atoms with Gasteiger partial charge in [0.2, 0.25) is 5.91 Å². The van der Waals surface area contributed by atoms with E-state index in [9.17, 15) is 9.90 Å². The Hall–Kier alpha value is -1.20. The highest BCUT2D eigenvalue weighted by molar-refractivity contribution is 7.09. The maximum absolute atomic E-state index is 11.5. The van der Waals surface area contributed by atoms with Crippen molar-refractivity contribution in [1.82, 2.24) is 10.3 Å². The van der Waals surface area contributed by atoms with Crippen molar-refractivity contribution in [3.63, 3.8) is 0 Å². The number of aromatic nitrogens is 1. The largest absolute Gasteiger partial charge is 0.391 e. The lowest BCUT2D eigenvalue weighted by Crippen LogP contribution is -2.31. The summed E-state index contributed by atoms with van der Waals surface area (Å²) in [6.45, 7) is 6.28. The van der Waals surface area contributed by atoms with Gasteiger partial charge in [-0.05, 0) is 25.3 Å². The molecule has 4 nitrogen and oxygen atoms in total. The number of aryl methyl sites for hydroxylation is 1. The van der Waals surface area contributed by atoms with Crippen LogP contribution in [0.15, 0.2) is 11.5 Å². The van der Waals surface area contributed by atoms with Crippen molar-refractivity contribution in [3.8, 4) is 0 Å². The van der Waals surface area contributed by atoms with Gasteiger partial charge in [-0.3, -0.25) is 4.79 Å². The molecule has 100 valence electrons. The molecule has 18 heavy (non-hydrogen) atoms. The average Bonchev–Trinajstić information content (AvgIpc) is 2.69. The third-order valence-corrected chi connectivity index (χ3v) is 3.09. The van der Waals surface area contributed by atoms with E-state index in [0.29, 0.717) is 12.3 Å². The Morgan fingerprint density at radius 2 is 2.33 bits per heavy atom. The number of carbonyl (C=O) groups excluding carboxylic acids is 1. The molecule has 1 rings (SSSR count). The number of amides is 1. The summed E-state index contributed by atoms with van der Waals surface area (Å²) in [6, 6.07) is 0. The Morgan fingerprint density at radius 1 is 1.61 bits per heavy atom. The molecular formula is C13H20N2O2S. The number of hydrogen-bond donors (Lipinski definition) is 2. The fourth-order valence-corrected chi connectivity index (χ4v) is 2.10. The number of hydrogen-bond acceptors (Lipinski definition) is 4. The van der Waals surface area contributed by atoms with Gasteiger partial charge in [-0.15, -0.1) is 11.3 Å². The maximum Gasteiger partial charge on any atom is 0.244 e. The minimum Gasteiger partial charge on any atom is -0.391 e. The van der Waals surface area contributed by atoms with E-state index in [2.05, 4.69) is 10.3 Å². The summed E-state index contributed by atoms with van der Waals surface area (Å²) in [7, 11) is 0. The van der Waals surface area contributed by atoms with Gasteiger partial charge in [-0.2, -0.15) is 0 Å². The highest BCUT2D eigenvalue weighted by Gasteiger charge is 2.07. The summed E-state index contributed by atoms with van der Waals surface area (Å²) in [5.41, 5.74) is 0.787. The molecule has 1 amide bonds. The van der Waals surface area contributed by atoms with Crippen LogP contribution < -0.4 is 5.32 Å². The van der Waals surface area contributed by atoms with Crippen LogP contribution in [0.5, 0.6) is 0 Å². The normalized spacial score (nSPS) is 13.2. The first kappa shape index (κ1) is 14.9. The number of nitrogens with one attached hydrogen (secondary N) is 1. The van der Waals surface area contributed by atoms with E-state index < -0.39 is 6.10 Å². The van der Waals surface area contributed by atoms with Gasteiger partial charge >= 0.3 is 0 Å². The van der Waals surface area contributed by atoms with Crippen molar-refractivity contribution in [2.24, 2.45) is 5.92 Å². The summed E-state index contributed by atoms with van der Waals surface area (Å²) < 4.78 is 0. The van der Waals surface area contributed by atoms with E-state index >= 15 is 0 Å². The second kappa shape index (κ2) is 7.28. The van der Waals surface area contributed by atoms with Crippen LogP contribution in [-0.4, -0.2) is 28.6 Å². The number of carbonyl (C=O) groups is 1. The summed E-state index contributed by atoms with van der Waals surface area (Å²) in [4.78, 5) is 15.7. The SMILES string of the molecule is Cc1nc(/C=C/C(=O)NCC(O)CC(C)C)cs1. The smallest absolute Gasteiger partial charge is 0.244 e. The first-order chi connectivity index (χ1) is 8.47. The molecule has 1 heterocycles. The molecule has 0 bridgehead atoms. The quantitative estimate of drug-likeness (QED) is 0.776. The van der Waals surface area contributed by atoms with E-state index in [0.717, 1.165) is 10.7 Å². The number of aliphatic hydroxyl groups excluding tert-OH is 1. The predicted molar refractivity (Wildman–Crippen MR) is 74.4 cm³/mol. The number of nitrogens with zero attached hydrogens (tertiary/aromatic N) is 1. The lowest BCUT2D eigenvalue weighted by atomic mass is 10.1. The highest BCUT2D eigenvalue weighted by Crippen LogP contribution is 2.09. The molecule has 0 spiro atoms. The highest BCUT2D eigenvalue weighted by atomic mass is 32.1. The van der Waals surface area contributed by atoms with E-state index in [1.54, 1.807) is 17.4 Å². The van der Waals surface area contributed by atoms with Crippen LogP contribution in [-0.2, 0) is 4.79 Å². The molecule has 0 radical (unpaired) electrons. The van der Waals surface area contributed by atoms with E-state index in [1.807, 2.05) is 26.2 Å². The van der Waals surface area contributed by atoms with Crippen LogP contribution in [0.1, 0.15) is 31.0 Å². The van der Waals surface area contributed by atoms with E-state index in [4.69, 9.17) is 0 Å². The topological polar surface area (TPSA) is 62.2 Å². The molecular weight excluding hydrogens is 248 g/mol. The standard InChI is InChI=1S/C13H20N2O2S/c1-9(2)6-12(16)7-14-13(17)5-4-11-8-18-10(3)15-11/h4-5,8-9,12,16H,6-7H2,1-3H3,(H,14,17)/b5-4+. The molecule has 0 aliphatic carbocycles. The van der Waals surface area contributed by atoms with E-state index in [1.165, 1.54) is 6.08 Å². The van der Waals surface area contributed by atoms with Crippen molar-refractivity contribution >= 4 is 23.3 Å². The Kier molecular flexibility index (Phi) is 6.01. The molecule has 0 aliphatic rings. The zero-order valence-corrected chi connectivity index (χ0v) is 11.8. The van der Waals surface area contributed by atoms with Gasteiger partial charge in [0.05, 0.1) is 16.8 Å². The van der Waals surface area contributed by atoms with Crippen LogP contribution in [0.2, 0.25) is 0 Å². The van der Waals surface area contributed by atoms with Crippen LogP contribution in [0, 0.1) is 12.8 Å². The van der Waals surface area contributed by atoms with Crippen LogP contribution in [0.25, 0.3) is 6.08 Å². The van der Waals surface area contributed by atoms with Crippen molar-refractivity contribution in [3.05, 3.63) is 22.2 Å². The monoisotopic (exact) mass is 268 g/mol. The Morgan fingerprint density at radius 3 is 2.89 bits per heavy atom. The zero-order valence-electron chi connectivity index (χ0n) is 11.0. The van der Waals surface area contributed by atoms with Crippen molar-refractivity contribution in [2.75, 3.05) is 6.54 Å². The van der Waals surface area contributed by atoms with Crippen LogP contribution in [0.4, 0.5) is 0 Å². The number of rotatable bonds is 6. The Labute approximate surface area is 112 Å². The van der Waals surface area contributed by atoms with E-state index in [-0.39, 0.29) is 12.5 Å². The summed E-state index contributed by atoms with van der Waals surface area (Å²) in [6.07, 6.45) is 3.32. The first-order valence-corrected chi connectivity index (χ1v) is 6.91. The van der Waals surface area contributed by atoms with Gasteiger partial charge < -0.3 is 10.4 Å². The molecule has 5 heteroatoms. The number of thiazole rings is 1. The average molecular weight is 268 g/mol. The minimum absolute atomic E-state index is 0.205. The molecule has 0 aliphatic heterocycles. The third-order valence-electron chi connectivity index (χ3n) is 2.30. The zero-order chi connectivity index (χ0) is 13.5. The molecule has 0 saturated heterocycles. The second-order valence-electron chi connectivity index (χ2n) is 4.65. The lowest BCUT2D eigenvalue weighted by Gasteiger charge is -2.12. The molecule has 0 aromatic carbocycles. The third kappa shape index (κ3) is 5.93. The molecule has 1 aromatic rings. The van der Waals surface area contributed by atoms with Crippen molar-refractivity contribution in [1.29, 1.82) is 0 Å². The summed E-state index contributed by atoms with van der Waals surface area (Å²) >= 11 is 1.55. The Balaban J connectivity index is 2.31. The molecule has 1 unspecified atom stereocenters. The van der Waals surface area contributed by atoms with Crippen molar-refractivity contribution in [2.45, 2.75) is 33.3 Å². The molecule has 0 fully saturated rings. The number of aliphatic hydroxyl groups is 1. The summed E-state index contributed by atoms with van der Waals surface area (Å²) in [5.74, 6) is 0.217. The molecule has 2 N–H and O–H groups in total. The molecule has 1 atom stereocenters. The fourth-order valence-electron chi connectivity index (χ4n) is 1.52. The van der Waals surface area contributed by atoms with Gasteiger partial charge in [0.15, 0.2) is 0 Å². The minimum atomic E-state index is -0.483. The maximum atomic E-state index is 11.5. The first-order valence-electron chi connectivity index (χ1n) is 6.03. The fraction of sp³-hybridized carbons (Fsp3) is 0.538. The van der Waals surface area contributed by atoms with Crippen LogP contribution in [0.3, 0.4) is 0 Å².